The summed E-state index contributed by atoms with van der Waals surface area (Å²) >= 11 is 0. The molecule has 34 heavy (non-hydrogen) atoms. The van der Waals surface area contributed by atoms with Crippen molar-refractivity contribution >= 4 is 18.0 Å². The van der Waals surface area contributed by atoms with Gasteiger partial charge in [0.15, 0.2) is 0 Å². The molecule has 0 bridgehead atoms. The van der Waals surface area contributed by atoms with Crippen molar-refractivity contribution in [1.29, 1.82) is 0 Å². The van der Waals surface area contributed by atoms with Crippen molar-refractivity contribution in [1.82, 2.24) is 10.2 Å². The highest BCUT2D eigenvalue weighted by Gasteiger charge is 2.31. The van der Waals surface area contributed by atoms with Gasteiger partial charge in [-0.1, -0.05) is 54.6 Å². The molecule has 1 aliphatic carbocycles. The normalized spacial score (nSPS) is 15.7. The van der Waals surface area contributed by atoms with Crippen LogP contribution in [0.4, 0.5) is 4.79 Å². The third-order valence-corrected chi connectivity index (χ3v) is 6.34. The van der Waals surface area contributed by atoms with Crippen molar-refractivity contribution < 1.29 is 29.0 Å². The number of carboxylic acids is 1. The van der Waals surface area contributed by atoms with Crippen molar-refractivity contribution in [2.75, 3.05) is 33.4 Å². The lowest BCUT2D eigenvalue weighted by molar-refractivity contribution is -0.136. The Morgan fingerprint density at radius 2 is 1.74 bits per heavy atom. The minimum Gasteiger partial charge on any atom is -0.478 e. The van der Waals surface area contributed by atoms with Crippen LogP contribution in [0.15, 0.2) is 60.2 Å². The fourth-order valence-corrected chi connectivity index (χ4v) is 4.56. The average Bonchev–Trinajstić information content (AvgIpc) is 3.18. The molecule has 8 heteroatoms. The Morgan fingerprint density at radius 3 is 2.29 bits per heavy atom. The molecular formula is C26H28N2O6. The number of ether oxygens (including phenoxy) is 2. The van der Waals surface area contributed by atoms with Crippen molar-refractivity contribution in [2.45, 2.75) is 24.8 Å². The second kappa shape index (κ2) is 10.5. The largest absolute Gasteiger partial charge is 0.478 e. The van der Waals surface area contributed by atoms with Crippen LogP contribution in [0.2, 0.25) is 0 Å². The van der Waals surface area contributed by atoms with Gasteiger partial charge >= 0.3 is 12.1 Å². The van der Waals surface area contributed by atoms with Crippen molar-refractivity contribution in [2.24, 2.45) is 0 Å². The average molecular weight is 465 g/mol. The molecule has 0 saturated heterocycles. The van der Waals surface area contributed by atoms with Crippen LogP contribution in [0.5, 0.6) is 0 Å². The summed E-state index contributed by atoms with van der Waals surface area (Å²) in [4.78, 5) is 38.4. The summed E-state index contributed by atoms with van der Waals surface area (Å²) in [5.74, 6) is -1.33. The van der Waals surface area contributed by atoms with E-state index in [0.29, 0.717) is 5.57 Å². The van der Waals surface area contributed by atoms with Gasteiger partial charge < -0.3 is 24.8 Å². The Bertz CT molecular complexity index is 1070. The van der Waals surface area contributed by atoms with Gasteiger partial charge in [-0.25, -0.2) is 9.59 Å². The molecule has 1 heterocycles. The third kappa shape index (κ3) is 4.97. The van der Waals surface area contributed by atoms with Gasteiger partial charge in [0.25, 0.3) is 0 Å². The van der Waals surface area contributed by atoms with Gasteiger partial charge in [-0.3, -0.25) is 4.79 Å². The van der Waals surface area contributed by atoms with Gasteiger partial charge in [-0.05, 0) is 28.7 Å². The minimum atomic E-state index is -0.972. The Morgan fingerprint density at radius 1 is 1.09 bits per heavy atom. The van der Waals surface area contributed by atoms with Crippen molar-refractivity contribution in [3.8, 4) is 11.1 Å². The molecule has 2 N–H and O–H groups in total. The predicted molar refractivity (Wildman–Crippen MR) is 125 cm³/mol. The number of carboxylic acid groups (broad SMARTS) is 1. The van der Waals surface area contributed by atoms with Crippen LogP contribution in [0.1, 0.15) is 29.9 Å². The van der Waals surface area contributed by atoms with E-state index in [4.69, 9.17) is 14.6 Å². The molecule has 0 fully saturated rings. The summed E-state index contributed by atoms with van der Waals surface area (Å²) in [5, 5.41) is 11.8. The molecular weight excluding hydrogens is 436 g/mol. The number of methoxy groups -OCH3 is 1. The van der Waals surface area contributed by atoms with Gasteiger partial charge in [0, 0.05) is 44.7 Å². The molecule has 2 aliphatic rings. The lowest BCUT2D eigenvalue weighted by atomic mass is 9.98. The van der Waals surface area contributed by atoms with E-state index in [1.54, 1.807) is 0 Å². The van der Waals surface area contributed by atoms with Crippen LogP contribution in [0.3, 0.4) is 0 Å². The topological polar surface area (TPSA) is 105 Å². The van der Waals surface area contributed by atoms with E-state index in [1.807, 2.05) is 36.4 Å². The highest BCUT2D eigenvalue weighted by molar-refractivity contribution is 5.89. The number of carbonyl (C=O) groups is 3. The zero-order valence-electron chi connectivity index (χ0n) is 19.0. The maximum atomic E-state index is 13.0. The van der Waals surface area contributed by atoms with E-state index in [9.17, 15) is 14.4 Å². The summed E-state index contributed by atoms with van der Waals surface area (Å²) in [6.07, 6.45) is 1.41. The van der Waals surface area contributed by atoms with Gasteiger partial charge in [0.2, 0.25) is 5.91 Å². The zero-order valence-corrected chi connectivity index (χ0v) is 19.0. The van der Waals surface area contributed by atoms with E-state index in [2.05, 4.69) is 17.4 Å². The maximum absolute atomic E-state index is 13.0. The Balaban J connectivity index is 1.40. The molecule has 4 rings (SSSR count). The standard InChI is InChI=1S/C26H28N2O6/c1-33-15-12-23(24(29)28-13-10-17(11-14-28)25(30)31)27-26(32)34-16-22-20-8-4-2-6-18(20)19-7-3-5-9-21(19)22/h2-10,22-23H,11-16H2,1H3,(H,27,32)(H,30,31). The fraction of sp³-hybridized carbons (Fsp3) is 0.346. The van der Waals surface area contributed by atoms with Crippen molar-refractivity contribution in [3.05, 3.63) is 71.3 Å². The second-order valence-electron chi connectivity index (χ2n) is 8.37. The minimum absolute atomic E-state index is 0.0760. The molecule has 1 atom stereocenters. The number of alkyl carbamates (subject to hydrolysis) is 1. The van der Waals surface area contributed by atoms with Crippen LogP contribution >= 0.6 is 0 Å². The highest BCUT2D eigenvalue weighted by Crippen LogP contribution is 2.44. The van der Waals surface area contributed by atoms with Gasteiger partial charge in [0.1, 0.15) is 12.6 Å². The molecule has 2 aromatic rings. The highest BCUT2D eigenvalue weighted by atomic mass is 16.5. The fourth-order valence-electron chi connectivity index (χ4n) is 4.56. The molecule has 2 aromatic carbocycles. The lowest BCUT2D eigenvalue weighted by Crippen LogP contribution is -2.50. The number of nitrogens with one attached hydrogen (secondary N) is 1. The van der Waals surface area contributed by atoms with Crippen LogP contribution in [0, 0.1) is 0 Å². The Labute approximate surface area is 198 Å². The molecule has 0 aromatic heterocycles. The van der Waals surface area contributed by atoms with Crippen LogP contribution < -0.4 is 5.32 Å². The Kier molecular flexibility index (Phi) is 7.27. The first-order valence-electron chi connectivity index (χ1n) is 11.3. The third-order valence-electron chi connectivity index (χ3n) is 6.34. The number of hydrogen-bond acceptors (Lipinski definition) is 5. The number of benzene rings is 2. The van der Waals surface area contributed by atoms with Crippen LogP contribution in [0.25, 0.3) is 11.1 Å². The zero-order chi connectivity index (χ0) is 24.1. The summed E-state index contributed by atoms with van der Waals surface area (Å²) in [7, 11) is 1.53. The monoisotopic (exact) mass is 464 g/mol. The first kappa shape index (κ1) is 23.5. The molecule has 1 aliphatic heterocycles. The first-order valence-corrected chi connectivity index (χ1v) is 11.3. The molecule has 0 saturated carbocycles. The molecule has 1 unspecified atom stereocenters. The molecule has 8 nitrogen and oxygen atoms in total. The van der Waals surface area contributed by atoms with E-state index >= 15 is 0 Å². The molecule has 178 valence electrons. The number of carbonyl (C=O) groups excluding carboxylic acids is 2. The molecule has 0 radical (unpaired) electrons. The predicted octanol–water partition coefficient (Wildman–Crippen LogP) is 3.17. The molecule has 0 spiro atoms. The second-order valence-corrected chi connectivity index (χ2v) is 8.37. The van der Waals surface area contributed by atoms with Crippen LogP contribution in [-0.2, 0) is 19.1 Å². The SMILES string of the molecule is COCCC(NC(=O)OCC1c2ccccc2-c2ccccc21)C(=O)N1CC=C(C(=O)O)CC1. The molecule has 2 amide bonds. The number of nitrogens with zero attached hydrogens (tertiary/aromatic N) is 1. The van der Waals surface area contributed by atoms with E-state index in [-0.39, 0.29) is 51.0 Å². The van der Waals surface area contributed by atoms with Gasteiger partial charge in [-0.2, -0.15) is 0 Å². The number of aliphatic carboxylic acids is 1. The quantitative estimate of drug-likeness (QED) is 0.622. The number of hydrogen-bond donors (Lipinski definition) is 2. The number of amides is 2. The lowest BCUT2D eigenvalue weighted by Gasteiger charge is -2.29. The number of rotatable bonds is 8. The van der Waals surface area contributed by atoms with Gasteiger partial charge in [-0.15, -0.1) is 0 Å². The summed E-state index contributed by atoms with van der Waals surface area (Å²) in [6, 6.07) is 15.3. The van der Waals surface area contributed by atoms with Gasteiger partial charge in [0.05, 0.1) is 0 Å². The van der Waals surface area contributed by atoms with Crippen LogP contribution in [-0.4, -0.2) is 67.4 Å². The summed E-state index contributed by atoms with van der Waals surface area (Å²) < 4.78 is 10.7. The van der Waals surface area contributed by atoms with E-state index < -0.39 is 18.1 Å². The van der Waals surface area contributed by atoms with E-state index in [1.165, 1.54) is 18.1 Å². The van der Waals surface area contributed by atoms with E-state index in [0.717, 1.165) is 22.3 Å². The smallest absolute Gasteiger partial charge is 0.407 e. The Hall–Kier alpha value is -3.65. The first-order chi connectivity index (χ1) is 16.5. The maximum Gasteiger partial charge on any atom is 0.407 e. The number of fused-ring (bicyclic) bond motifs is 3. The summed E-state index contributed by atoms with van der Waals surface area (Å²) in [5.41, 5.74) is 4.79. The van der Waals surface area contributed by atoms with Crippen molar-refractivity contribution in [3.63, 3.8) is 0 Å². The summed E-state index contributed by atoms with van der Waals surface area (Å²) in [6.45, 7) is 0.909.